The number of hydrogen-bond donors (Lipinski definition) is 0. The first-order valence-corrected chi connectivity index (χ1v) is 21.3. The highest BCUT2D eigenvalue weighted by atomic mass is 15.1. The fourth-order valence-corrected chi connectivity index (χ4v) is 8.94. The summed E-state index contributed by atoms with van der Waals surface area (Å²) in [5, 5.41) is 2.46. The molecule has 62 heavy (non-hydrogen) atoms. The summed E-state index contributed by atoms with van der Waals surface area (Å²) in [4.78, 5) is 2.36. The number of benzene rings is 10. The third-order valence-corrected chi connectivity index (χ3v) is 12.0. The van der Waals surface area contributed by atoms with Crippen LogP contribution in [0.3, 0.4) is 0 Å². The number of nitrogens with zero attached hydrogens (tertiary/aromatic N) is 2. The standard InChI is InChI=1S/C60H42N2/c1-5-16-43(17-6-1)46-28-34-52(35-29-46)61(53-36-30-47(31-37-53)44-18-7-2-8-19-44)54-25-15-24-49(40-54)51-33-39-57-56-26-13-14-27-58(56)62(60(57)42-51)59-41-50(45-20-9-3-10-21-45)32-38-55(59)48-22-11-4-12-23-48/h1-42H. The number of rotatable bonds is 9. The van der Waals surface area contributed by atoms with Gasteiger partial charge in [-0.15, -0.1) is 0 Å². The van der Waals surface area contributed by atoms with E-state index in [0.717, 1.165) is 33.9 Å². The van der Waals surface area contributed by atoms with Crippen molar-refractivity contribution in [2.75, 3.05) is 4.90 Å². The molecule has 0 unspecified atom stereocenters. The van der Waals surface area contributed by atoms with Gasteiger partial charge >= 0.3 is 0 Å². The third kappa shape index (κ3) is 6.94. The van der Waals surface area contributed by atoms with Gasteiger partial charge in [-0.25, -0.2) is 0 Å². The predicted molar refractivity (Wildman–Crippen MR) is 263 cm³/mol. The average molecular weight is 791 g/mol. The van der Waals surface area contributed by atoms with Crippen LogP contribution in [0.15, 0.2) is 255 Å². The first kappa shape index (κ1) is 36.8. The van der Waals surface area contributed by atoms with Crippen molar-refractivity contribution in [1.82, 2.24) is 4.57 Å². The molecule has 11 rings (SSSR count). The molecule has 0 aliphatic heterocycles. The Labute approximate surface area is 362 Å². The van der Waals surface area contributed by atoms with E-state index in [-0.39, 0.29) is 0 Å². The van der Waals surface area contributed by atoms with Crippen molar-refractivity contribution in [2.45, 2.75) is 0 Å². The van der Waals surface area contributed by atoms with Crippen LogP contribution in [0, 0.1) is 0 Å². The first-order chi connectivity index (χ1) is 30.7. The molecule has 11 aromatic rings. The lowest BCUT2D eigenvalue weighted by molar-refractivity contribution is 1.18. The topological polar surface area (TPSA) is 8.17 Å². The molecule has 292 valence electrons. The van der Waals surface area contributed by atoms with Gasteiger partial charge in [-0.3, -0.25) is 0 Å². The van der Waals surface area contributed by atoms with E-state index in [1.165, 1.54) is 66.3 Å². The summed E-state index contributed by atoms with van der Waals surface area (Å²) in [7, 11) is 0. The van der Waals surface area contributed by atoms with Crippen molar-refractivity contribution in [2.24, 2.45) is 0 Å². The Hall–Kier alpha value is -8.20. The van der Waals surface area contributed by atoms with Gasteiger partial charge in [-0.2, -0.15) is 0 Å². The zero-order valence-electron chi connectivity index (χ0n) is 34.1. The van der Waals surface area contributed by atoms with Gasteiger partial charge in [0.05, 0.1) is 16.7 Å². The number of fused-ring (bicyclic) bond motifs is 3. The van der Waals surface area contributed by atoms with Gasteiger partial charge in [0, 0.05) is 33.4 Å². The second-order valence-corrected chi connectivity index (χ2v) is 15.8. The fourth-order valence-electron chi connectivity index (χ4n) is 8.94. The van der Waals surface area contributed by atoms with Crippen molar-refractivity contribution in [3.8, 4) is 61.3 Å². The molecular weight excluding hydrogens is 749 g/mol. The maximum Gasteiger partial charge on any atom is 0.0547 e. The highest BCUT2D eigenvalue weighted by Crippen LogP contribution is 2.42. The minimum absolute atomic E-state index is 1.09. The molecule has 10 aromatic carbocycles. The van der Waals surface area contributed by atoms with Crippen molar-refractivity contribution >= 4 is 38.9 Å². The van der Waals surface area contributed by atoms with E-state index in [9.17, 15) is 0 Å². The number of aromatic nitrogens is 1. The highest BCUT2D eigenvalue weighted by molar-refractivity contribution is 6.11. The molecule has 0 saturated carbocycles. The molecule has 0 N–H and O–H groups in total. The Morgan fingerprint density at radius 2 is 0.661 bits per heavy atom. The van der Waals surface area contributed by atoms with Gasteiger partial charge in [-0.05, 0) is 105 Å². The third-order valence-electron chi connectivity index (χ3n) is 12.0. The lowest BCUT2D eigenvalue weighted by Crippen LogP contribution is -2.10. The molecule has 1 aromatic heterocycles. The van der Waals surface area contributed by atoms with E-state index in [2.05, 4.69) is 264 Å². The Kier molecular flexibility index (Phi) is 9.57. The summed E-state index contributed by atoms with van der Waals surface area (Å²) < 4.78 is 2.47. The summed E-state index contributed by atoms with van der Waals surface area (Å²) in [5.74, 6) is 0. The smallest absolute Gasteiger partial charge is 0.0547 e. The summed E-state index contributed by atoms with van der Waals surface area (Å²) in [5.41, 5.74) is 18.6. The lowest BCUT2D eigenvalue weighted by atomic mass is 9.97. The van der Waals surface area contributed by atoms with E-state index >= 15 is 0 Å². The fraction of sp³-hybridized carbons (Fsp3) is 0. The minimum atomic E-state index is 1.09. The summed E-state index contributed by atoms with van der Waals surface area (Å²) in [6, 6.07) is 92.1. The molecule has 0 atom stereocenters. The highest BCUT2D eigenvalue weighted by Gasteiger charge is 2.19. The predicted octanol–water partition coefficient (Wildman–Crippen LogP) is 16.6. The van der Waals surface area contributed by atoms with Crippen LogP contribution in [0.1, 0.15) is 0 Å². The molecule has 0 aliphatic carbocycles. The molecular formula is C60H42N2. The van der Waals surface area contributed by atoms with Crippen molar-refractivity contribution < 1.29 is 0 Å². The van der Waals surface area contributed by atoms with Gasteiger partial charge in [-0.1, -0.05) is 200 Å². The Balaban J connectivity index is 1.06. The molecule has 0 amide bonds. The Bertz CT molecular complexity index is 3210. The largest absolute Gasteiger partial charge is 0.310 e. The van der Waals surface area contributed by atoms with Crippen molar-refractivity contribution in [1.29, 1.82) is 0 Å². The summed E-state index contributed by atoms with van der Waals surface area (Å²) in [6.07, 6.45) is 0. The second kappa shape index (κ2) is 16.1. The first-order valence-electron chi connectivity index (χ1n) is 21.3. The van der Waals surface area contributed by atoms with Gasteiger partial charge in [0.15, 0.2) is 0 Å². The summed E-state index contributed by atoms with van der Waals surface area (Å²) >= 11 is 0. The quantitative estimate of drug-likeness (QED) is 0.141. The van der Waals surface area contributed by atoms with Crippen molar-refractivity contribution in [3.63, 3.8) is 0 Å². The van der Waals surface area contributed by atoms with E-state index in [0.29, 0.717) is 0 Å². The van der Waals surface area contributed by atoms with Crippen molar-refractivity contribution in [3.05, 3.63) is 255 Å². The second-order valence-electron chi connectivity index (χ2n) is 15.8. The van der Waals surface area contributed by atoms with Crippen LogP contribution < -0.4 is 4.90 Å². The Morgan fingerprint density at radius 1 is 0.242 bits per heavy atom. The molecule has 0 aliphatic rings. The maximum absolute atomic E-state index is 2.47. The van der Waals surface area contributed by atoms with Crippen LogP contribution in [-0.4, -0.2) is 4.57 Å². The van der Waals surface area contributed by atoms with Gasteiger partial charge < -0.3 is 9.47 Å². The maximum atomic E-state index is 2.47. The average Bonchev–Trinajstić information content (AvgIpc) is 3.69. The van der Waals surface area contributed by atoms with E-state index in [4.69, 9.17) is 0 Å². The van der Waals surface area contributed by atoms with Crippen LogP contribution >= 0.6 is 0 Å². The number of hydrogen-bond acceptors (Lipinski definition) is 1. The van der Waals surface area contributed by atoms with E-state index in [1.807, 2.05) is 0 Å². The molecule has 0 saturated heterocycles. The van der Waals surface area contributed by atoms with Crippen LogP contribution in [-0.2, 0) is 0 Å². The minimum Gasteiger partial charge on any atom is -0.310 e. The zero-order chi connectivity index (χ0) is 41.2. The monoisotopic (exact) mass is 790 g/mol. The van der Waals surface area contributed by atoms with Crippen LogP contribution in [0.25, 0.3) is 83.1 Å². The Morgan fingerprint density at radius 3 is 1.26 bits per heavy atom. The number of anilines is 3. The molecule has 2 nitrogen and oxygen atoms in total. The summed E-state index contributed by atoms with van der Waals surface area (Å²) in [6.45, 7) is 0. The molecule has 1 heterocycles. The molecule has 2 heteroatoms. The molecule has 0 spiro atoms. The van der Waals surface area contributed by atoms with Crippen LogP contribution in [0.4, 0.5) is 17.1 Å². The molecule has 0 bridgehead atoms. The van der Waals surface area contributed by atoms with E-state index < -0.39 is 0 Å². The normalized spacial score (nSPS) is 11.2. The zero-order valence-corrected chi connectivity index (χ0v) is 34.1. The van der Waals surface area contributed by atoms with Gasteiger partial charge in [0.1, 0.15) is 0 Å². The molecule has 0 radical (unpaired) electrons. The van der Waals surface area contributed by atoms with Crippen LogP contribution in [0.2, 0.25) is 0 Å². The van der Waals surface area contributed by atoms with Crippen LogP contribution in [0.5, 0.6) is 0 Å². The van der Waals surface area contributed by atoms with Gasteiger partial charge in [0.2, 0.25) is 0 Å². The van der Waals surface area contributed by atoms with E-state index in [1.54, 1.807) is 0 Å². The SMILES string of the molecule is c1ccc(-c2ccc(N(c3ccc(-c4ccccc4)cc3)c3cccc(-c4ccc5c6ccccc6n(-c6cc(-c7ccccc7)ccc6-c6ccccc6)c5c4)c3)cc2)cc1. The number of para-hydroxylation sites is 1. The lowest BCUT2D eigenvalue weighted by Gasteiger charge is -2.26. The van der Waals surface area contributed by atoms with Gasteiger partial charge in [0.25, 0.3) is 0 Å². The molecule has 0 fully saturated rings.